The summed E-state index contributed by atoms with van der Waals surface area (Å²) >= 11 is 1.26. The fourth-order valence-electron chi connectivity index (χ4n) is 1.21. The predicted octanol–water partition coefficient (Wildman–Crippen LogP) is 2.40. The fourth-order valence-corrected chi connectivity index (χ4v) is 2.10. The van der Waals surface area contributed by atoms with Crippen molar-refractivity contribution in [3.8, 4) is 0 Å². The van der Waals surface area contributed by atoms with Crippen molar-refractivity contribution < 1.29 is 23.1 Å². The number of hydrogen-bond donors (Lipinski definition) is 2. The van der Waals surface area contributed by atoms with Crippen molar-refractivity contribution in [1.82, 2.24) is 0 Å². The largest absolute Gasteiger partial charge is 0.396 e. The van der Waals surface area contributed by atoms with E-state index in [4.69, 9.17) is 5.11 Å². The zero-order valence-corrected chi connectivity index (χ0v) is 11.1. The molecule has 7 heteroatoms. The average Bonchev–Trinajstić information content (AvgIpc) is 2.39. The molecule has 1 aromatic carbocycles. The highest BCUT2D eigenvalue weighted by molar-refractivity contribution is 7.99. The van der Waals surface area contributed by atoms with Gasteiger partial charge in [-0.2, -0.15) is 11.8 Å². The van der Waals surface area contributed by atoms with Gasteiger partial charge in [0.15, 0.2) is 17.5 Å². The number of thioether (sulfide) groups is 1. The number of anilines is 1. The molecule has 106 valence electrons. The SMILES string of the molecule is CC(CO)CSCC(=O)Nc1ccc(F)c(F)c1F. The Morgan fingerprint density at radius 3 is 2.68 bits per heavy atom. The molecule has 0 aliphatic rings. The minimum atomic E-state index is -1.61. The molecule has 0 aromatic heterocycles. The number of amides is 1. The van der Waals surface area contributed by atoms with Gasteiger partial charge in [-0.15, -0.1) is 0 Å². The van der Waals surface area contributed by atoms with Crippen molar-refractivity contribution in [2.45, 2.75) is 6.92 Å². The summed E-state index contributed by atoms with van der Waals surface area (Å²) in [5.74, 6) is -4.17. The van der Waals surface area contributed by atoms with Crippen LogP contribution in [0.15, 0.2) is 12.1 Å². The van der Waals surface area contributed by atoms with Crippen molar-refractivity contribution in [2.24, 2.45) is 5.92 Å². The lowest BCUT2D eigenvalue weighted by molar-refractivity contribution is -0.113. The lowest BCUT2D eigenvalue weighted by atomic mass is 10.2. The third-order valence-corrected chi connectivity index (χ3v) is 3.53. The van der Waals surface area contributed by atoms with Gasteiger partial charge in [0.2, 0.25) is 5.91 Å². The van der Waals surface area contributed by atoms with Gasteiger partial charge < -0.3 is 10.4 Å². The van der Waals surface area contributed by atoms with Crippen LogP contribution in [0.5, 0.6) is 0 Å². The first-order valence-corrected chi connectivity index (χ1v) is 6.73. The van der Waals surface area contributed by atoms with Gasteiger partial charge in [-0.05, 0) is 23.8 Å². The molecule has 0 bridgehead atoms. The second kappa shape index (κ2) is 7.40. The lowest BCUT2D eigenvalue weighted by Crippen LogP contribution is -2.17. The van der Waals surface area contributed by atoms with Gasteiger partial charge in [-0.1, -0.05) is 6.92 Å². The fraction of sp³-hybridized carbons (Fsp3) is 0.417. The van der Waals surface area contributed by atoms with Crippen LogP contribution in [-0.2, 0) is 4.79 Å². The van der Waals surface area contributed by atoms with E-state index in [9.17, 15) is 18.0 Å². The van der Waals surface area contributed by atoms with Gasteiger partial charge in [0.1, 0.15) is 0 Å². The summed E-state index contributed by atoms with van der Waals surface area (Å²) in [7, 11) is 0. The van der Waals surface area contributed by atoms with Crippen LogP contribution in [-0.4, -0.2) is 29.1 Å². The van der Waals surface area contributed by atoms with Crippen LogP contribution in [0.1, 0.15) is 6.92 Å². The van der Waals surface area contributed by atoms with E-state index >= 15 is 0 Å². The maximum atomic E-state index is 13.3. The van der Waals surface area contributed by atoms with Crippen LogP contribution in [0.4, 0.5) is 18.9 Å². The second-order valence-corrected chi connectivity index (χ2v) is 5.10. The quantitative estimate of drug-likeness (QED) is 0.792. The van der Waals surface area contributed by atoms with Gasteiger partial charge in [0.25, 0.3) is 0 Å². The zero-order chi connectivity index (χ0) is 14.4. The van der Waals surface area contributed by atoms with Crippen LogP contribution in [0, 0.1) is 23.4 Å². The minimum Gasteiger partial charge on any atom is -0.396 e. The molecule has 0 aliphatic heterocycles. The first kappa shape index (κ1) is 15.8. The average molecular weight is 293 g/mol. The molecule has 0 saturated heterocycles. The van der Waals surface area contributed by atoms with Crippen LogP contribution in [0.2, 0.25) is 0 Å². The number of rotatable bonds is 6. The van der Waals surface area contributed by atoms with E-state index in [-0.39, 0.29) is 24.0 Å². The maximum Gasteiger partial charge on any atom is 0.234 e. The van der Waals surface area contributed by atoms with Crippen LogP contribution in [0.25, 0.3) is 0 Å². The van der Waals surface area contributed by atoms with Crippen molar-refractivity contribution in [2.75, 3.05) is 23.4 Å². The second-order valence-electron chi connectivity index (χ2n) is 4.07. The topological polar surface area (TPSA) is 49.3 Å². The molecule has 0 aliphatic carbocycles. The molecule has 19 heavy (non-hydrogen) atoms. The zero-order valence-electron chi connectivity index (χ0n) is 10.3. The Kier molecular flexibility index (Phi) is 6.17. The molecule has 0 fully saturated rings. The Hall–Kier alpha value is -1.21. The van der Waals surface area contributed by atoms with Crippen molar-refractivity contribution in [3.63, 3.8) is 0 Å². The molecule has 1 amide bonds. The maximum absolute atomic E-state index is 13.3. The normalized spacial score (nSPS) is 12.3. The van der Waals surface area contributed by atoms with Gasteiger partial charge >= 0.3 is 0 Å². The van der Waals surface area contributed by atoms with Gasteiger partial charge in [0, 0.05) is 6.61 Å². The van der Waals surface area contributed by atoms with E-state index in [1.165, 1.54) is 11.8 Å². The predicted molar refractivity (Wildman–Crippen MR) is 68.5 cm³/mol. The van der Waals surface area contributed by atoms with E-state index in [0.29, 0.717) is 5.75 Å². The molecule has 0 radical (unpaired) electrons. The summed E-state index contributed by atoms with van der Waals surface area (Å²) in [6.07, 6.45) is 0. The number of carbonyl (C=O) groups excluding carboxylic acids is 1. The summed E-state index contributed by atoms with van der Waals surface area (Å²) in [6, 6.07) is 1.71. The Morgan fingerprint density at radius 1 is 1.37 bits per heavy atom. The summed E-state index contributed by atoms with van der Waals surface area (Å²) in [5, 5.41) is 11.0. The van der Waals surface area contributed by atoms with E-state index in [0.717, 1.165) is 12.1 Å². The highest BCUT2D eigenvalue weighted by Gasteiger charge is 2.15. The molecule has 0 spiro atoms. The van der Waals surface area contributed by atoms with E-state index < -0.39 is 23.4 Å². The monoisotopic (exact) mass is 293 g/mol. The number of aliphatic hydroxyl groups is 1. The Morgan fingerprint density at radius 2 is 2.05 bits per heavy atom. The molecule has 0 saturated carbocycles. The first-order chi connectivity index (χ1) is 8.95. The van der Waals surface area contributed by atoms with Crippen molar-refractivity contribution in [3.05, 3.63) is 29.6 Å². The van der Waals surface area contributed by atoms with Crippen molar-refractivity contribution >= 4 is 23.4 Å². The summed E-state index contributed by atoms with van der Waals surface area (Å²) in [6.45, 7) is 1.84. The van der Waals surface area contributed by atoms with E-state index in [1.807, 2.05) is 6.92 Å². The van der Waals surface area contributed by atoms with Crippen LogP contribution < -0.4 is 5.32 Å². The molecule has 2 N–H and O–H groups in total. The number of carbonyl (C=O) groups is 1. The van der Waals surface area contributed by atoms with Gasteiger partial charge in [-0.3, -0.25) is 4.79 Å². The van der Waals surface area contributed by atoms with E-state index in [1.54, 1.807) is 0 Å². The molecule has 1 rings (SSSR count). The molecule has 0 heterocycles. The molecular formula is C12H14F3NO2S. The third kappa shape index (κ3) is 4.76. The highest BCUT2D eigenvalue weighted by atomic mass is 32.2. The first-order valence-electron chi connectivity index (χ1n) is 5.57. The third-order valence-electron chi connectivity index (χ3n) is 2.26. The number of hydrogen-bond acceptors (Lipinski definition) is 3. The highest BCUT2D eigenvalue weighted by Crippen LogP contribution is 2.20. The molecule has 1 atom stereocenters. The molecule has 1 unspecified atom stereocenters. The van der Waals surface area contributed by atoms with Crippen LogP contribution >= 0.6 is 11.8 Å². The Balaban J connectivity index is 2.51. The number of halogens is 3. The number of aliphatic hydroxyl groups excluding tert-OH is 1. The summed E-state index contributed by atoms with van der Waals surface area (Å²) in [4.78, 5) is 11.5. The van der Waals surface area contributed by atoms with E-state index in [2.05, 4.69) is 5.32 Å². The number of benzene rings is 1. The number of nitrogens with one attached hydrogen (secondary N) is 1. The van der Waals surface area contributed by atoms with Crippen LogP contribution in [0.3, 0.4) is 0 Å². The molecule has 1 aromatic rings. The lowest BCUT2D eigenvalue weighted by Gasteiger charge is -2.09. The molecule has 3 nitrogen and oxygen atoms in total. The van der Waals surface area contributed by atoms with Gasteiger partial charge in [-0.25, -0.2) is 13.2 Å². The smallest absolute Gasteiger partial charge is 0.234 e. The molecular weight excluding hydrogens is 279 g/mol. The van der Waals surface area contributed by atoms with Crippen molar-refractivity contribution in [1.29, 1.82) is 0 Å². The Labute approximate surface area is 113 Å². The summed E-state index contributed by atoms with van der Waals surface area (Å²) in [5.41, 5.74) is -0.389. The standard InChI is InChI=1S/C12H14F3NO2S/c1-7(4-17)5-19-6-10(18)16-9-3-2-8(13)11(14)12(9)15/h2-3,7,17H,4-6H2,1H3,(H,16,18). The minimum absolute atomic E-state index is 0.0203. The Bertz CT molecular complexity index is 457. The van der Waals surface area contributed by atoms with Gasteiger partial charge in [0.05, 0.1) is 11.4 Å². The summed E-state index contributed by atoms with van der Waals surface area (Å²) < 4.78 is 38.8.